The molecule has 22 nitrogen and oxygen atoms in total. The highest BCUT2D eigenvalue weighted by molar-refractivity contribution is 6.42. The van der Waals surface area contributed by atoms with E-state index in [-0.39, 0.29) is 95.7 Å². The molecule has 5 heterocycles. The molecule has 1 atom stereocenters. The summed E-state index contributed by atoms with van der Waals surface area (Å²) in [7, 11) is 1.59. The van der Waals surface area contributed by atoms with Crippen molar-refractivity contribution in [2.45, 2.75) is 85.4 Å². The van der Waals surface area contributed by atoms with E-state index in [9.17, 15) is 62.5 Å². The zero-order valence-electron chi connectivity index (χ0n) is 59.1. The zero-order chi connectivity index (χ0) is 78.7. The van der Waals surface area contributed by atoms with Crippen LogP contribution in [-0.2, 0) is 54.3 Å². The number of rotatable bonds is 18. The number of allylic oxidation sites excluding steroid dienone is 1. The lowest BCUT2D eigenvalue weighted by atomic mass is 10.1. The highest BCUT2D eigenvalue weighted by Gasteiger charge is 2.28. The highest BCUT2D eigenvalue weighted by Crippen LogP contribution is 2.36. The number of phenolic OH excluding ortho intramolecular Hbond substituents is 3. The molecule has 0 spiro atoms. The number of aromatic hydroxyl groups is 3. The van der Waals surface area contributed by atoms with Crippen LogP contribution >= 0.6 is 34.8 Å². The van der Waals surface area contributed by atoms with Crippen molar-refractivity contribution < 1.29 is 96.7 Å². The monoisotopic (exact) mass is 1540 g/mol. The van der Waals surface area contributed by atoms with Crippen LogP contribution in [0.15, 0.2) is 176 Å². The maximum atomic E-state index is 13.2. The molecule has 109 heavy (non-hydrogen) atoms. The Labute approximate surface area is 636 Å². The van der Waals surface area contributed by atoms with Crippen molar-refractivity contribution in [3.05, 3.63) is 258 Å². The predicted octanol–water partition coefficient (Wildman–Crippen LogP) is 16.4. The van der Waals surface area contributed by atoms with Gasteiger partial charge in [0, 0.05) is 78.7 Å². The Morgan fingerprint density at radius 2 is 0.917 bits per heavy atom. The summed E-state index contributed by atoms with van der Waals surface area (Å²) in [6, 6.07) is 44.8. The summed E-state index contributed by atoms with van der Waals surface area (Å²) in [5.74, 6) is -4.14. The number of hydrogen-bond donors (Lipinski definition) is 6. The summed E-state index contributed by atoms with van der Waals surface area (Å²) >= 11 is 17.7. The number of carbonyl (C=O) groups excluding carboxylic acids is 5. The van der Waals surface area contributed by atoms with Crippen molar-refractivity contribution in [3.63, 3.8) is 0 Å². The van der Waals surface area contributed by atoms with E-state index < -0.39 is 30.4 Å². The molecule has 0 saturated carbocycles. The van der Waals surface area contributed by atoms with Crippen molar-refractivity contribution in [1.82, 2.24) is 18.3 Å². The van der Waals surface area contributed by atoms with Crippen LogP contribution in [0.4, 0.5) is 8.78 Å². The first-order chi connectivity index (χ1) is 52.0. The molecule has 6 N–H and O–H groups in total. The minimum absolute atomic E-state index is 0.00160. The Morgan fingerprint density at radius 1 is 0.495 bits per heavy atom. The summed E-state index contributed by atoms with van der Waals surface area (Å²) in [5, 5.41) is 60.1. The minimum Gasteiger partial charge on any atom is -0.508 e. The zero-order valence-corrected chi connectivity index (χ0v) is 61.4. The summed E-state index contributed by atoms with van der Waals surface area (Å²) in [6.45, 7) is 4.85. The molecule has 562 valence electrons. The van der Waals surface area contributed by atoms with E-state index in [0.29, 0.717) is 106 Å². The van der Waals surface area contributed by atoms with Crippen molar-refractivity contribution in [2.24, 2.45) is 0 Å². The van der Waals surface area contributed by atoms with Gasteiger partial charge in [-0.25, -0.2) is 0 Å². The second-order valence-corrected chi connectivity index (χ2v) is 26.4. The Morgan fingerprint density at radius 3 is 1.37 bits per heavy atom. The van der Waals surface area contributed by atoms with Crippen LogP contribution in [0.1, 0.15) is 106 Å². The molecule has 1 unspecified atom stereocenters. The first kappa shape index (κ1) is 79.5. The fourth-order valence-electron chi connectivity index (χ4n) is 12.9. The van der Waals surface area contributed by atoms with E-state index in [1.807, 2.05) is 55.5 Å². The second-order valence-electron chi connectivity index (χ2n) is 25.2. The fourth-order valence-corrected chi connectivity index (χ4v) is 13.4. The number of fused-ring (bicyclic) bond motifs is 4. The number of aliphatic carboxylic acids is 3. The largest absolute Gasteiger partial charge is 0.508 e. The molecule has 1 aliphatic heterocycles. The van der Waals surface area contributed by atoms with Crippen molar-refractivity contribution in [1.29, 1.82) is 0 Å². The SMILES string of the molecule is COc1ccc2c(c1)c(CC(=O)OCC1CCCCO1)c(C)n2C(=O)/C=C/c1ccccc1.Cc1c(CC(=O)O)c2cc(O)ccc2n1C(=O)c1ccc(Cl)c(Cl)c1.Cc1c(CC(=O)O)c2cc(O)ccc2n1C(=O)c1ccc(Cl)cc1.Cc1c(CC(=O)O)c2cc(O)ccc2n1C(=O)c1ccc(OC(F)F)cc1. The number of alkyl halides is 2. The predicted molar refractivity (Wildman–Crippen MR) is 407 cm³/mol. The van der Waals surface area contributed by atoms with Gasteiger partial charge in [-0.1, -0.05) is 65.1 Å². The number of phenols is 3. The van der Waals surface area contributed by atoms with Gasteiger partial charge in [0.2, 0.25) is 0 Å². The Kier molecular flexibility index (Phi) is 25.6. The van der Waals surface area contributed by atoms with Crippen LogP contribution in [0, 0.1) is 27.7 Å². The van der Waals surface area contributed by atoms with E-state index in [1.54, 1.807) is 87.1 Å². The number of ether oxygens (including phenoxy) is 4. The Bertz CT molecular complexity index is 5520. The molecule has 0 bridgehead atoms. The molecular weight excluding hydrogens is 1470 g/mol. The van der Waals surface area contributed by atoms with Gasteiger partial charge in [0.05, 0.1) is 71.0 Å². The lowest BCUT2D eigenvalue weighted by molar-refractivity contribution is -0.148. The van der Waals surface area contributed by atoms with E-state index in [4.69, 9.17) is 64.3 Å². The van der Waals surface area contributed by atoms with Crippen molar-refractivity contribution in [3.8, 4) is 28.7 Å². The number of aromatic nitrogens is 4. The third-order valence-electron chi connectivity index (χ3n) is 18.1. The average molecular weight is 1540 g/mol. The number of benzene rings is 8. The van der Waals surface area contributed by atoms with Crippen molar-refractivity contribution in [2.75, 3.05) is 20.3 Å². The molecule has 8 aromatic carbocycles. The van der Waals surface area contributed by atoms with E-state index in [1.165, 1.54) is 92.6 Å². The number of halogens is 5. The van der Waals surface area contributed by atoms with Crippen LogP contribution in [0.3, 0.4) is 0 Å². The lowest BCUT2D eigenvalue weighted by Gasteiger charge is -2.22. The molecule has 12 aromatic rings. The van der Waals surface area contributed by atoms with Crippen LogP contribution in [-0.4, -0.2) is 129 Å². The summed E-state index contributed by atoms with van der Waals surface area (Å²) < 4.78 is 51.2. The van der Waals surface area contributed by atoms with Crippen LogP contribution in [0.5, 0.6) is 28.7 Å². The molecule has 0 amide bonds. The quantitative estimate of drug-likeness (QED) is 0.0343. The second kappa shape index (κ2) is 35.1. The first-order valence-corrected chi connectivity index (χ1v) is 34.9. The molecule has 1 aliphatic rings. The van der Waals surface area contributed by atoms with Crippen LogP contribution in [0.2, 0.25) is 15.1 Å². The number of esters is 1. The van der Waals surface area contributed by atoms with Gasteiger partial charge < -0.3 is 49.6 Å². The third kappa shape index (κ3) is 18.7. The van der Waals surface area contributed by atoms with E-state index in [0.717, 1.165) is 41.3 Å². The normalized spacial score (nSPS) is 12.6. The van der Waals surface area contributed by atoms with Gasteiger partial charge in [-0.2, -0.15) is 8.78 Å². The van der Waals surface area contributed by atoms with Crippen LogP contribution < -0.4 is 9.47 Å². The molecule has 0 aliphatic carbocycles. The number of carboxylic acids is 3. The van der Waals surface area contributed by atoms with Gasteiger partial charge >= 0.3 is 30.5 Å². The van der Waals surface area contributed by atoms with Gasteiger partial charge in [0.1, 0.15) is 35.4 Å². The van der Waals surface area contributed by atoms with Gasteiger partial charge in [0.15, 0.2) is 0 Å². The molecule has 13 rings (SSSR count). The minimum atomic E-state index is -2.96. The molecule has 0 radical (unpaired) electrons. The fraction of sp³-hybridized carbons (Fsp3) is 0.195. The number of nitrogens with zero attached hydrogens (tertiary/aromatic N) is 4. The summed E-state index contributed by atoms with van der Waals surface area (Å²) in [6.07, 6.45) is 5.63. The lowest BCUT2D eigenvalue weighted by Crippen LogP contribution is -2.26. The smallest absolute Gasteiger partial charge is 0.387 e. The maximum Gasteiger partial charge on any atom is 0.387 e. The Hall–Kier alpha value is -12.1. The van der Waals surface area contributed by atoms with Gasteiger partial charge in [-0.15, -0.1) is 0 Å². The maximum absolute atomic E-state index is 13.2. The molecule has 1 fully saturated rings. The van der Waals surface area contributed by atoms with E-state index in [2.05, 4.69) is 4.74 Å². The van der Waals surface area contributed by atoms with Crippen molar-refractivity contribution >= 4 is 132 Å². The van der Waals surface area contributed by atoms with Gasteiger partial charge in [0.25, 0.3) is 23.6 Å². The van der Waals surface area contributed by atoms with Gasteiger partial charge in [-0.05, 0) is 220 Å². The molecule has 27 heteroatoms. The Balaban J connectivity index is 0.000000156. The summed E-state index contributed by atoms with van der Waals surface area (Å²) in [5.41, 5.74) is 8.51. The molecule has 4 aromatic heterocycles. The van der Waals surface area contributed by atoms with E-state index >= 15 is 0 Å². The number of carbonyl (C=O) groups is 8. The third-order valence-corrected chi connectivity index (χ3v) is 19.1. The van der Waals surface area contributed by atoms with Crippen LogP contribution in [0.25, 0.3) is 49.7 Å². The van der Waals surface area contributed by atoms with Gasteiger partial charge in [-0.3, -0.25) is 56.6 Å². The standard InChI is InChI=1S/C27H29NO5.C19H15F2NO5.C18H13Cl2NO4.C18H14ClNO4/c1-19-23(17-27(30)33-18-22-10-6-7-15-32-22)24-16-21(31-2)12-13-25(24)28(19)26(29)14-11-20-8-4-3-5-9-20;1-10-14(9-17(24)25)15-8-12(23)4-7-16(15)22(10)18(26)11-2-5-13(6-3-11)27-19(20)21;1-9-12(8-17(23)24)13-7-11(22)3-5-16(13)21(9)18(25)10-2-4-14(19)15(20)6-10;1-10-14(9-17(22)23)15-8-13(21)6-7-16(15)20(10)18(24)11-2-4-12(19)5-3-11/h3-5,8-9,11-14,16,22H,6-7,10,15,17-18H2,1-2H3;2-8,19,23H,9H2,1H3,(H,24,25);2-7,22H,8H2,1H3,(H,23,24);2-8,21H,9H2,1H3,(H,22,23)/b14-11+;;;. The molecular formula is C82H71Cl3F2N4O18. The molecule has 1 saturated heterocycles. The number of carboxylic acid groups (broad SMARTS) is 3. The number of methoxy groups -OCH3 is 1. The highest BCUT2D eigenvalue weighted by atomic mass is 35.5. The summed E-state index contributed by atoms with van der Waals surface area (Å²) in [4.78, 5) is 98.2. The average Bonchev–Trinajstić information content (AvgIpc) is 1.64. The first-order valence-electron chi connectivity index (χ1n) is 33.8. The topological polar surface area (TPSA) is 315 Å². The number of hydrogen-bond acceptors (Lipinski definition) is 15.